The second kappa shape index (κ2) is 8.46. The van der Waals surface area contributed by atoms with Crippen LogP contribution in [0.15, 0.2) is 41.3 Å². The Bertz CT molecular complexity index is 735. The molecule has 4 heteroatoms. The zero-order valence-electron chi connectivity index (χ0n) is 13.8. The minimum absolute atomic E-state index is 0.0576. The molecule has 1 N–H and O–H groups in total. The van der Waals surface area contributed by atoms with Crippen LogP contribution in [0.2, 0.25) is 0 Å². The molecule has 0 bridgehead atoms. The number of fused-ring (bicyclic) bond motifs is 1. The molecule has 126 valence electrons. The number of benzene rings is 2. The third-order valence-electron chi connectivity index (χ3n) is 4.31. The number of hydrogen-bond donors (Lipinski definition) is 1. The fourth-order valence-electron chi connectivity index (χ4n) is 3.07. The fraction of sp³-hybridized carbons (Fsp3) is 0.474. The molecular formula is C19H26O3S. The molecule has 0 aliphatic carbocycles. The maximum absolute atomic E-state index is 11.7. The van der Waals surface area contributed by atoms with Gasteiger partial charge in [-0.2, -0.15) is 8.42 Å². The maximum atomic E-state index is 11.7. The summed E-state index contributed by atoms with van der Waals surface area (Å²) in [5.41, 5.74) is 0.749. The smallest absolute Gasteiger partial charge is 0.282 e. The molecule has 0 radical (unpaired) electrons. The van der Waals surface area contributed by atoms with E-state index in [4.69, 9.17) is 0 Å². The molecule has 2 aromatic rings. The van der Waals surface area contributed by atoms with Crippen LogP contribution >= 0.6 is 0 Å². The van der Waals surface area contributed by atoms with E-state index >= 15 is 0 Å². The predicted octanol–water partition coefficient (Wildman–Crippen LogP) is 5.38. The quantitative estimate of drug-likeness (QED) is 0.495. The van der Waals surface area contributed by atoms with E-state index in [1.807, 2.05) is 24.3 Å². The van der Waals surface area contributed by atoms with E-state index in [1.54, 1.807) is 6.07 Å². The van der Waals surface area contributed by atoms with E-state index in [9.17, 15) is 13.0 Å². The Hall–Kier alpha value is -1.39. The first kappa shape index (κ1) is 18.0. The highest BCUT2D eigenvalue weighted by molar-refractivity contribution is 7.85. The molecule has 0 heterocycles. The Morgan fingerprint density at radius 1 is 0.870 bits per heavy atom. The molecular weight excluding hydrogens is 308 g/mol. The number of unbranched alkanes of at least 4 members (excludes halogenated alkanes) is 6. The Morgan fingerprint density at radius 3 is 2.22 bits per heavy atom. The Morgan fingerprint density at radius 2 is 1.52 bits per heavy atom. The van der Waals surface area contributed by atoms with Gasteiger partial charge in [-0.05, 0) is 35.2 Å². The molecule has 0 spiro atoms. The van der Waals surface area contributed by atoms with Gasteiger partial charge in [0, 0.05) is 0 Å². The van der Waals surface area contributed by atoms with Crippen LogP contribution in [0.1, 0.15) is 57.4 Å². The Balaban J connectivity index is 2.11. The molecule has 0 aliphatic rings. The Kier molecular flexibility index (Phi) is 6.60. The van der Waals surface area contributed by atoms with Gasteiger partial charge >= 0.3 is 0 Å². The van der Waals surface area contributed by atoms with Gasteiger partial charge in [-0.1, -0.05) is 75.8 Å². The van der Waals surface area contributed by atoms with Crippen molar-refractivity contribution in [2.45, 2.75) is 63.2 Å². The molecule has 2 rings (SSSR count). The predicted molar refractivity (Wildman–Crippen MR) is 95.5 cm³/mol. The summed E-state index contributed by atoms with van der Waals surface area (Å²) < 4.78 is 32.8. The van der Waals surface area contributed by atoms with E-state index < -0.39 is 10.1 Å². The summed E-state index contributed by atoms with van der Waals surface area (Å²) in [6, 6.07) is 11.0. The molecule has 0 aliphatic heterocycles. The van der Waals surface area contributed by atoms with Crippen LogP contribution in [0.5, 0.6) is 0 Å². The molecule has 0 unspecified atom stereocenters. The van der Waals surface area contributed by atoms with Gasteiger partial charge in [-0.15, -0.1) is 0 Å². The monoisotopic (exact) mass is 334 g/mol. The van der Waals surface area contributed by atoms with Gasteiger partial charge in [0.05, 0.1) is 4.90 Å². The lowest BCUT2D eigenvalue weighted by atomic mass is 9.99. The van der Waals surface area contributed by atoms with Crippen molar-refractivity contribution in [2.75, 3.05) is 0 Å². The van der Waals surface area contributed by atoms with E-state index in [-0.39, 0.29) is 4.90 Å². The maximum Gasteiger partial charge on any atom is 0.294 e. The van der Waals surface area contributed by atoms with Gasteiger partial charge in [-0.25, -0.2) is 0 Å². The van der Waals surface area contributed by atoms with Crippen molar-refractivity contribution < 1.29 is 13.0 Å². The second-order valence-electron chi connectivity index (χ2n) is 6.11. The minimum atomic E-state index is -4.18. The van der Waals surface area contributed by atoms with Crippen molar-refractivity contribution in [1.82, 2.24) is 0 Å². The van der Waals surface area contributed by atoms with Crippen LogP contribution in [-0.2, 0) is 16.5 Å². The van der Waals surface area contributed by atoms with Crippen molar-refractivity contribution >= 4 is 20.9 Å². The summed E-state index contributed by atoms with van der Waals surface area (Å²) in [6.07, 6.45) is 8.97. The van der Waals surface area contributed by atoms with E-state index in [1.165, 1.54) is 38.2 Å². The van der Waals surface area contributed by atoms with Crippen LogP contribution in [0.25, 0.3) is 10.8 Å². The third kappa shape index (κ3) is 5.05. The summed E-state index contributed by atoms with van der Waals surface area (Å²) in [5.74, 6) is 0. The summed E-state index contributed by atoms with van der Waals surface area (Å²) in [4.78, 5) is 0.0576. The van der Waals surface area contributed by atoms with Gasteiger partial charge in [0.25, 0.3) is 10.1 Å². The van der Waals surface area contributed by atoms with Crippen LogP contribution in [0.3, 0.4) is 0 Å². The standard InChI is InChI=1S/C19H26O3S/c1-2-3-4-5-6-7-8-13-18-17-12-10-9-11-16(17)14-15-19(18)23(20,21)22/h9-12,14-15H,2-8,13H2,1H3,(H,20,21,22). The first-order valence-electron chi connectivity index (χ1n) is 8.52. The van der Waals surface area contributed by atoms with Crippen molar-refractivity contribution in [3.8, 4) is 0 Å². The van der Waals surface area contributed by atoms with Crippen molar-refractivity contribution in [2.24, 2.45) is 0 Å². The molecule has 23 heavy (non-hydrogen) atoms. The highest BCUT2D eigenvalue weighted by Crippen LogP contribution is 2.27. The minimum Gasteiger partial charge on any atom is -0.282 e. The van der Waals surface area contributed by atoms with Gasteiger partial charge in [-0.3, -0.25) is 4.55 Å². The van der Waals surface area contributed by atoms with Crippen molar-refractivity contribution in [3.05, 3.63) is 42.0 Å². The van der Waals surface area contributed by atoms with Gasteiger partial charge in [0.2, 0.25) is 0 Å². The van der Waals surface area contributed by atoms with Crippen LogP contribution < -0.4 is 0 Å². The molecule has 0 saturated heterocycles. The van der Waals surface area contributed by atoms with Crippen LogP contribution in [-0.4, -0.2) is 13.0 Å². The number of hydrogen-bond acceptors (Lipinski definition) is 2. The zero-order valence-corrected chi connectivity index (χ0v) is 14.6. The normalized spacial score (nSPS) is 11.9. The molecule has 2 aromatic carbocycles. The second-order valence-corrected chi connectivity index (χ2v) is 7.50. The number of aryl methyl sites for hydroxylation is 1. The van der Waals surface area contributed by atoms with Crippen molar-refractivity contribution in [1.29, 1.82) is 0 Å². The molecule has 0 aromatic heterocycles. The van der Waals surface area contributed by atoms with E-state index in [0.717, 1.165) is 29.2 Å². The first-order valence-corrected chi connectivity index (χ1v) is 9.96. The van der Waals surface area contributed by atoms with Gasteiger partial charge in [0.1, 0.15) is 0 Å². The molecule has 0 saturated carbocycles. The molecule has 0 atom stereocenters. The van der Waals surface area contributed by atoms with E-state index in [0.29, 0.717) is 6.42 Å². The lowest BCUT2D eigenvalue weighted by Crippen LogP contribution is -2.04. The lowest BCUT2D eigenvalue weighted by Gasteiger charge is -2.11. The highest BCUT2D eigenvalue weighted by Gasteiger charge is 2.17. The summed E-state index contributed by atoms with van der Waals surface area (Å²) in [6.45, 7) is 2.21. The van der Waals surface area contributed by atoms with Gasteiger partial charge in [0.15, 0.2) is 0 Å². The largest absolute Gasteiger partial charge is 0.294 e. The average Bonchev–Trinajstić information content (AvgIpc) is 2.53. The SMILES string of the molecule is CCCCCCCCCc1c(S(=O)(=O)O)ccc2ccccc12. The first-order chi connectivity index (χ1) is 11.0. The lowest BCUT2D eigenvalue weighted by molar-refractivity contribution is 0.482. The topological polar surface area (TPSA) is 54.4 Å². The van der Waals surface area contributed by atoms with Crippen LogP contribution in [0.4, 0.5) is 0 Å². The molecule has 0 fully saturated rings. The fourth-order valence-corrected chi connectivity index (χ4v) is 3.84. The summed E-state index contributed by atoms with van der Waals surface area (Å²) in [7, 11) is -4.18. The summed E-state index contributed by atoms with van der Waals surface area (Å²) in [5, 5.41) is 1.94. The molecule has 3 nitrogen and oxygen atoms in total. The molecule has 0 amide bonds. The van der Waals surface area contributed by atoms with Gasteiger partial charge < -0.3 is 0 Å². The van der Waals surface area contributed by atoms with E-state index in [2.05, 4.69) is 6.92 Å². The number of rotatable bonds is 9. The Labute approximate surface area is 139 Å². The van der Waals surface area contributed by atoms with Crippen LogP contribution in [0, 0.1) is 0 Å². The third-order valence-corrected chi connectivity index (χ3v) is 5.24. The average molecular weight is 334 g/mol. The zero-order chi connectivity index (χ0) is 16.7. The summed E-state index contributed by atoms with van der Waals surface area (Å²) >= 11 is 0. The highest BCUT2D eigenvalue weighted by atomic mass is 32.2. The van der Waals surface area contributed by atoms with Crippen molar-refractivity contribution in [3.63, 3.8) is 0 Å².